The summed E-state index contributed by atoms with van der Waals surface area (Å²) in [5.41, 5.74) is 0.892. The van der Waals surface area contributed by atoms with Crippen molar-refractivity contribution in [1.29, 1.82) is 0 Å². The first-order chi connectivity index (χ1) is 13.1. The molecule has 1 aromatic heterocycles. The van der Waals surface area contributed by atoms with Gasteiger partial charge in [0, 0.05) is 32.2 Å². The normalized spacial score (nSPS) is 18.1. The van der Waals surface area contributed by atoms with Crippen LogP contribution in [-0.4, -0.2) is 47.1 Å². The monoisotopic (exact) mass is 405 g/mol. The Kier molecular flexibility index (Phi) is 5.37. The Morgan fingerprint density at radius 2 is 1.96 bits per heavy atom. The average Bonchev–Trinajstić information content (AvgIpc) is 3.05. The van der Waals surface area contributed by atoms with Crippen molar-refractivity contribution in [2.75, 3.05) is 20.3 Å². The van der Waals surface area contributed by atoms with E-state index in [-0.39, 0.29) is 31.1 Å². The van der Waals surface area contributed by atoms with E-state index >= 15 is 0 Å². The molecule has 1 fully saturated rings. The van der Waals surface area contributed by atoms with Crippen molar-refractivity contribution in [2.45, 2.75) is 25.1 Å². The zero-order chi connectivity index (χ0) is 20.5. The quantitative estimate of drug-likeness (QED) is 0.661. The number of hydrogen-bond acceptors (Lipinski definition) is 5. The number of benzene rings is 1. The van der Waals surface area contributed by atoms with Crippen LogP contribution in [0.3, 0.4) is 0 Å². The molecule has 0 aliphatic heterocycles. The summed E-state index contributed by atoms with van der Waals surface area (Å²) < 4.78 is 73.1. The summed E-state index contributed by atoms with van der Waals surface area (Å²) in [6, 6.07) is 6.03. The van der Waals surface area contributed by atoms with E-state index in [0.717, 1.165) is 0 Å². The van der Waals surface area contributed by atoms with Crippen LogP contribution in [0, 0.1) is 5.92 Å². The third-order valence-corrected chi connectivity index (χ3v) is 4.26. The molecule has 28 heavy (non-hydrogen) atoms. The molecular formula is C17H16F5N3O3. The molecule has 1 atom stereocenters. The van der Waals surface area contributed by atoms with Crippen LogP contribution in [0.15, 0.2) is 28.8 Å². The van der Waals surface area contributed by atoms with E-state index in [9.17, 15) is 26.7 Å². The Morgan fingerprint density at radius 1 is 1.32 bits per heavy atom. The van der Waals surface area contributed by atoms with Gasteiger partial charge in [0.25, 0.3) is 5.92 Å². The Morgan fingerprint density at radius 3 is 2.46 bits per heavy atom. The van der Waals surface area contributed by atoms with Crippen molar-refractivity contribution in [3.63, 3.8) is 0 Å². The minimum absolute atomic E-state index is 0.0646. The van der Waals surface area contributed by atoms with Crippen LogP contribution in [0.4, 0.5) is 22.0 Å². The molecule has 2 aromatic rings. The SMILES string of the molecule is COCCN(Cc1ccc(-c2noc(C(F)(F)F)n2)cc1)C(=O)[C@@H]1CC1(F)F. The molecular weight excluding hydrogens is 389 g/mol. The molecule has 0 spiro atoms. The van der Waals surface area contributed by atoms with Gasteiger partial charge in [0.15, 0.2) is 0 Å². The third-order valence-electron chi connectivity index (χ3n) is 4.26. The molecule has 152 valence electrons. The summed E-state index contributed by atoms with van der Waals surface area (Å²) in [5, 5.41) is 3.29. The second kappa shape index (κ2) is 7.46. The molecule has 1 saturated carbocycles. The minimum atomic E-state index is -4.74. The Labute approximate surface area is 156 Å². The summed E-state index contributed by atoms with van der Waals surface area (Å²) >= 11 is 0. The maximum atomic E-state index is 13.2. The maximum Gasteiger partial charge on any atom is 0.471 e. The Hall–Kier alpha value is -2.56. The molecule has 0 unspecified atom stereocenters. The highest BCUT2D eigenvalue weighted by atomic mass is 19.4. The van der Waals surface area contributed by atoms with Crippen molar-refractivity contribution >= 4 is 5.91 Å². The molecule has 0 saturated heterocycles. The largest absolute Gasteiger partial charge is 0.471 e. The first-order valence-electron chi connectivity index (χ1n) is 8.27. The lowest BCUT2D eigenvalue weighted by Crippen LogP contribution is -2.35. The van der Waals surface area contributed by atoms with E-state index < -0.39 is 36.2 Å². The number of halogens is 5. The summed E-state index contributed by atoms with van der Waals surface area (Å²) in [6.07, 6.45) is -5.20. The van der Waals surface area contributed by atoms with Crippen molar-refractivity contribution in [2.24, 2.45) is 5.92 Å². The highest BCUT2D eigenvalue weighted by Gasteiger charge is 2.62. The molecule has 1 aromatic carbocycles. The standard InChI is InChI=1S/C17H16F5N3O3/c1-27-7-6-25(14(26)12-8-16(12,18)19)9-10-2-4-11(5-3-10)13-23-15(28-24-13)17(20,21)22/h2-5,12H,6-9H2,1H3/t12-/m0/s1. The second-order valence-corrected chi connectivity index (χ2v) is 6.39. The molecule has 0 N–H and O–H groups in total. The number of methoxy groups -OCH3 is 1. The first kappa shape index (κ1) is 20.2. The molecule has 0 radical (unpaired) electrons. The van der Waals surface area contributed by atoms with Gasteiger partial charge in [-0.3, -0.25) is 4.79 Å². The van der Waals surface area contributed by atoms with Crippen molar-refractivity contribution in [3.8, 4) is 11.4 Å². The number of hydrogen-bond donors (Lipinski definition) is 0. The van der Waals surface area contributed by atoms with Crippen LogP contribution < -0.4 is 0 Å². The molecule has 1 amide bonds. The van der Waals surface area contributed by atoms with Gasteiger partial charge in [0.1, 0.15) is 5.92 Å². The number of nitrogens with zero attached hydrogens (tertiary/aromatic N) is 3. The van der Waals surface area contributed by atoms with Crippen LogP contribution in [-0.2, 0) is 22.3 Å². The van der Waals surface area contributed by atoms with E-state index in [1.165, 1.54) is 24.1 Å². The predicted octanol–water partition coefficient (Wildman–Crippen LogP) is 3.39. The lowest BCUT2D eigenvalue weighted by molar-refractivity contribution is -0.159. The number of carbonyl (C=O) groups excluding carboxylic acids is 1. The number of amides is 1. The van der Waals surface area contributed by atoms with E-state index in [2.05, 4.69) is 14.7 Å². The van der Waals surface area contributed by atoms with E-state index in [4.69, 9.17) is 4.74 Å². The van der Waals surface area contributed by atoms with Gasteiger partial charge in [-0.15, -0.1) is 0 Å². The van der Waals surface area contributed by atoms with Gasteiger partial charge >= 0.3 is 12.1 Å². The van der Waals surface area contributed by atoms with Gasteiger partial charge in [0.05, 0.1) is 6.61 Å². The number of carbonyl (C=O) groups is 1. The fourth-order valence-corrected chi connectivity index (χ4v) is 2.61. The predicted molar refractivity (Wildman–Crippen MR) is 85.1 cm³/mol. The first-order valence-corrected chi connectivity index (χ1v) is 8.27. The fraction of sp³-hybridized carbons (Fsp3) is 0.471. The van der Waals surface area contributed by atoms with E-state index in [1.54, 1.807) is 12.1 Å². The molecule has 1 heterocycles. The van der Waals surface area contributed by atoms with Crippen molar-refractivity contribution in [1.82, 2.24) is 15.0 Å². The maximum absolute atomic E-state index is 13.2. The van der Waals surface area contributed by atoms with E-state index in [1.807, 2.05) is 0 Å². The van der Waals surface area contributed by atoms with Gasteiger partial charge in [-0.25, -0.2) is 8.78 Å². The highest BCUT2D eigenvalue weighted by molar-refractivity contribution is 5.83. The molecule has 6 nitrogen and oxygen atoms in total. The van der Waals surface area contributed by atoms with Gasteiger partial charge in [0.2, 0.25) is 11.7 Å². The van der Waals surface area contributed by atoms with Gasteiger partial charge < -0.3 is 14.2 Å². The molecule has 1 aliphatic rings. The zero-order valence-corrected chi connectivity index (χ0v) is 14.7. The average molecular weight is 405 g/mol. The number of rotatable bonds is 7. The minimum Gasteiger partial charge on any atom is -0.383 e. The highest BCUT2D eigenvalue weighted by Crippen LogP contribution is 2.49. The van der Waals surface area contributed by atoms with Gasteiger partial charge in [-0.2, -0.15) is 18.2 Å². The van der Waals surface area contributed by atoms with Gasteiger partial charge in [-0.1, -0.05) is 29.4 Å². The molecule has 3 rings (SSSR count). The second-order valence-electron chi connectivity index (χ2n) is 6.39. The van der Waals surface area contributed by atoms with Crippen LogP contribution in [0.2, 0.25) is 0 Å². The van der Waals surface area contributed by atoms with Crippen molar-refractivity contribution in [3.05, 3.63) is 35.7 Å². The fourth-order valence-electron chi connectivity index (χ4n) is 2.61. The number of ether oxygens (including phenoxy) is 1. The Bertz CT molecular complexity index is 835. The Balaban J connectivity index is 1.70. The molecule has 0 bridgehead atoms. The van der Waals surface area contributed by atoms with E-state index in [0.29, 0.717) is 5.56 Å². The topological polar surface area (TPSA) is 68.5 Å². The summed E-state index contributed by atoms with van der Waals surface area (Å²) in [5.74, 6) is -6.62. The smallest absolute Gasteiger partial charge is 0.383 e. The summed E-state index contributed by atoms with van der Waals surface area (Å²) in [6.45, 7) is 0.393. The van der Waals surface area contributed by atoms with Crippen LogP contribution in [0.5, 0.6) is 0 Å². The lowest BCUT2D eigenvalue weighted by Gasteiger charge is -2.22. The van der Waals surface area contributed by atoms with Gasteiger partial charge in [-0.05, 0) is 5.56 Å². The number of alkyl halides is 5. The molecule has 1 aliphatic carbocycles. The summed E-state index contributed by atoms with van der Waals surface area (Å²) in [4.78, 5) is 16.8. The van der Waals surface area contributed by atoms with Crippen LogP contribution in [0.1, 0.15) is 17.9 Å². The van der Waals surface area contributed by atoms with Crippen molar-refractivity contribution < 1.29 is 36.0 Å². The summed E-state index contributed by atoms with van der Waals surface area (Å²) in [7, 11) is 1.43. The van der Waals surface area contributed by atoms with Crippen LogP contribution in [0.25, 0.3) is 11.4 Å². The van der Waals surface area contributed by atoms with Crippen LogP contribution >= 0.6 is 0 Å². The zero-order valence-electron chi connectivity index (χ0n) is 14.7. The lowest BCUT2D eigenvalue weighted by atomic mass is 10.1. The number of aromatic nitrogens is 2. The molecule has 11 heteroatoms. The third kappa shape index (κ3) is 4.46.